The van der Waals surface area contributed by atoms with Crippen molar-refractivity contribution in [1.29, 1.82) is 0 Å². The number of nitrogens with zero attached hydrogens (tertiary/aromatic N) is 1. The van der Waals surface area contributed by atoms with Gasteiger partial charge in [-0.25, -0.2) is 0 Å². The summed E-state index contributed by atoms with van der Waals surface area (Å²) in [6, 6.07) is 0.483. The number of hydrogen-bond acceptors (Lipinski definition) is 4. The monoisotopic (exact) mass is 476 g/mol. The predicted octanol–water partition coefficient (Wildman–Crippen LogP) is 6.31. The quantitative estimate of drug-likeness (QED) is 0.182. The van der Waals surface area contributed by atoms with Gasteiger partial charge in [0.05, 0.1) is 6.67 Å². The molecule has 35 heavy (non-hydrogen) atoms. The van der Waals surface area contributed by atoms with Crippen LogP contribution in [0, 0.1) is 40.9 Å². The Morgan fingerprint density at radius 2 is 2.03 bits per heavy atom. The normalized spacial score (nSPS) is 44.9. The summed E-state index contributed by atoms with van der Waals surface area (Å²) in [5.74, 6) is 3.78. The zero-order chi connectivity index (χ0) is 24.6. The number of allylic oxidation sites excluding steroid dienone is 6. The van der Waals surface area contributed by atoms with E-state index < -0.39 is 0 Å². The lowest BCUT2D eigenvalue weighted by molar-refractivity contribution is -0.0495. The van der Waals surface area contributed by atoms with Crippen LogP contribution in [-0.2, 0) is 0 Å². The lowest BCUT2D eigenvalue weighted by atomic mass is 9.49. The van der Waals surface area contributed by atoms with Crippen molar-refractivity contribution in [3.05, 3.63) is 47.7 Å². The molecule has 0 amide bonds. The number of hydrogen-bond donors (Lipinski definition) is 3. The minimum atomic E-state index is 0.0999. The molecule has 0 spiro atoms. The molecule has 0 aromatic carbocycles. The molecule has 0 aromatic heterocycles. The molecule has 0 saturated heterocycles. The van der Waals surface area contributed by atoms with Crippen LogP contribution in [0.5, 0.6) is 0 Å². The van der Waals surface area contributed by atoms with Gasteiger partial charge in [-0.3, -0.25) is 10.7 Å². The van der Waals surface area contributed by atoms with Gasteiger partial charge in [-0.05, 0) is 73.8 Å². The van der Waals surface area contributed by atoms with E-state index in [1.165, 1.54) is 44.2 Å². The van der Waals surface area contributed by atoms with Crippen molar-refractivity contribution in [1.82, 2.24) is 16.1 Å². The predicted molar refractivity (Wildman–Crippen MR) is 148 cm³/mol. The van der Waals surface area contributed by atoms with Crippen molar-refractivity contribution >= 4 is 6.21 Å². The van der Waals surface area contributed by atoms with E-state index >= 15 is 0 Å². The molecular formula is C31H48N4. The van der Waals surface area contributed by atoms with Gasteiger partial charge >= 0.3 is 0 Å². The topological polar surface area (TPSA) is 48.5 Å². The second-order valence-corrected chi connectivity index (χ2v) is 13.0. The molecule has 0 radical (unpaired) electrons. The zero-order valence-electron chi connectivity index (χ0n) is 22.7. The fourth-order valence-electron chi connectivity index (χ4n) is 8.96. The maximum absolute atomic E-state index is 4.56. The SMILES string of the molecule is CC1C=CC2=C(C1)C1C(C)CC(NCN/N=C/C3C=CC=CC3)C(C3(C)CCCC(C)C3)C1(C)N2. The van der Waals surface area contributed by atoms with Gasteiger partial charge < -0.3 is 5.32 Å². The Kier molecular flexibility index (Phi) is 7.05. The van der Waals surface area contributed by atoms with Crippen LogP contribution in [0.25, 0.3) is 0 Å². The van der Waals surface area contributed by atoms with Gasteiger partial charge in [0.2, 0.25) is 0 Å². The maximum atomic E-state index is 4.56. The number of fused-ring (bicyclic) bond motifs is 2. The first-order chi connectivity index (χ1) is 16.8. The third kappa shape index (κ3) is 4.80. The largest absolute Gasteiger partial charge is 0.379 e. The van der Waals surface area contributed by atoms with Gasteiger partial charge in [-0.15, -0.1) is 0 Å². The fraction of sp³-hybridized carbons (Fsp3) is 0.710. The van der Waals surface area contributed by atoms with Crippen molar-refractivity contribution in [3.8, 4) is 0 Å². The summed E-state index contributed by atoms with van der Waals surface area (Å²) in [5.41, 5.74) is 6.93. The van der Waals surface area contributed by atoms with Crippen molar-refractivity contribution < 1.29 is 0 Å². The Morgan fingerprint density at radius 3 is 2.80 bits per heavy atom. The second-order valence-electron chi connectivity index (χ2n) is 13.0. The van der Waals surface area contributed by atoms with Crippen LogP contribution in [0.1, 0.15) is 79.6 Å². The minimum absolute atomic E-state index is 0.0999. The highest BCUT2D eigenvalue weighted by molar-refractivity contribution is 5.63. The lowest BCUT2D eigenvalue weighted by Gasteiger charge is -2.59. The molecule has 0 aromatic rings. The molecule has 1 aliphatic heterocycles. The lowest BCUT2D eigenvalue weighted by Crippen LogP contribution is -2.67. The van der Waals surface area contributed by atoms with Gasteiger partial charge in [0.1, 0.15) is 0 Å². The molecule has 2 fully saturated rings. The Balaban J connectivity index is 1.36. The van der Waals surface area contributed by atoms with Crippen LogP contribution < -0.4 is 16.1 Å². The molecule has 4 heteroatoms. The second kappa shape index (κ2) is 9.92. The van der Waals surface area contributed by atoms with E-state index in [0.29, 0.717) is 41.0 Å². The smallest absolute Gasteiger partial charge is 0.0825 e. The summed E-state index contributed by atoms with van der Waals surface area (Å²) in [5, 5.41) is 12.7. The molecule has 4 aliphatic carbocycles. The Bertz CT molecular complexity index is 928. The van der Waals surface area contributed by atoms with Crippen molar-refractivity contribution in [2.75, 3.05) is 6.67 Å². The van der Waals surface area contributed by atoms with Crippen molar-refractivity contribution in [3.63, 3.8) is 0 Å². The molecular weight excluding hydrogens is 428 g/mol. The molecule has 5 rings (SSSR count). The standard InChI is InChI=1S/C31H48N4/c1-21-13-14-26-25(16-21)28-23(3)17-27(32-20-34-33-19-24-11-7-6-8-12-24)29(31(28,5)35-26)30(4)15-9-10-22(2)18-30/h6-8,11,13-14,19,21-24,27-29,32,34-35H,9-10,12,15-18,20H2,1-5H3/b33-19+. The third-order valence-corrected chi connectivity index (χ3v) is 9.97. The van der Waals surface area contributed by atoms with Crippen LogP contribution >= 0.6 is 0 Å². The van der Waals surface area contributed by atoms with Gasteiger partial charge in [0, 0.05) is 41.2 Å². The summed E-state index contributed by atoms with van der Waals surface area (Å²) in [6.45, 7) is 13.3. The molecule has 5 aliphatic rings. The van der Waals surface area contributed by atoms with Crippen LogP contribution in [0.15, 0.2) is 52.8 Å². The Morgan fingerprint density at radius 1 is 1.17 bits per heavy atom. The fourth-order valence-corrected chi connectivity index (χ4v) is 8.96. The van der Waals surface area contributed by atoms with Gasteiger partial charge in [0.15, 0.2) is 0 Å². The van der Waals surface area contributed by atoms with Gasteiger partial charge in [-0.1, -0.05) is 70.9 Å². The van der Waals surface area contributed by atoms with E-state index in [4.69, 9.17) is 0 Å². The first-order valence-corrected chi connectivity index (χ1v) is 14.3. The summed E-state index contributed by atoms with van der Waals surface area (Å²) < 4.78 is 0. The highest BCUT2D eigenvalue weighted by atomic mass is 15.3. The molecule has 9 atom stereocenters. The van der Waals surface area contributed by atoms with Crippen molar-refractivity contribution in [2.45, 2.75) is 91.1 Å². The van der Waals surface area contributed by atoms with E-state index in [1.54, 1.807) is 5.57 Å². The third-order valence-electron chi connectivity index (χ3n) is 9.97. The zero-order valence-corrected chi connectivity index (χ0v) is 22.7. The molecule has 4 nitrogen and oxygen atoms in total. The average molecular weight is 477 g/mol. The highest BCUT2D eigenvalue weighted by Crippen LogP contribution is 2.60. The van der Waals surface area contributed by atoms with Crippen LogP contribution in [-0.4, -0.2) is 24.5 Å². The molecule has 9 unspecified atom stereocenters. The molecule has 0 bridgehead atoms. The highest BCUT2D eigenvalue weighted by Gasteiger charge is 2.61. The molecule has 192 valence electrons. The number of nitrogens with one attached hydrogen (secondary N) is 3. The first-order valence-electron chi connectivity index (χ1n) is 14.3. The average Bonchev–Trinajstić information content (AvgIpc) is 3.11. The van der Waals surface area contributed by atoms with Crippen LogP contribution in [0.4, 0.5) is 0 Å². The van der Waals surface area contributed by atoms with E-state index in [1.807, 2.05) is 6.21 Å². The summed E-state index contributed by atoms with van der Waals surface area (Å²) >= 11 is 0. The first kappa shape index (κ1) is 24.9. The van der Waals surface area contributed by atoms with E-state index in [0.717, 1.165) is 19.0 Å². The van der Waals surface area contributed by atoms with Crippen LogP contribution in [0.3, 0.4) is 0 Å². The number of rotatable bonds is 6. The number of hydrazone groups is 1. The Hall–Kier alpha value is -1.81. The molecule has 3 N–H and O–H groups in total. The molecule has 1 heterocycles. The van der Waals surface area contributed by atoms with E-state index in [9.17, 15) is 0 Å². The van der Waals surface area contributed by atoms with Crippen molar-refractivity contribution in [2.24, 2.45) is 46.0 Å². The Labute approximate surface area is 213 Å². The van der Waals surface area contributed by atoms with E-state index in [-0.39, 0.29) is 5.54 Å². The molecule has 2 saturated carbocycles. The van der Waals surface area contributed by atoms with Crippen LogP contribution in [0.2, 0.25) is 0 Å². The summed E-state index contributed by atoms with van der Waals surface area (Å²) in [7, 11) is 0. The minimum Gasteiger partial charge on any atom is -0.379 e. The summed E-state index contributed by atoms with van der Waals surface area (Å²) in [6.07, 6.45) is 24.5. The van der Waals surface area contributed by atoms with Gasteiger partial charge in [0.25, 0.3) is 0 Å². The van der Waals surface area contributed by atoms with E-state index in [2.05, 4.69) is 92.2 Å². The summed E-state index contributed by atoms with van der Waals surface area (Å²) in [4.78, 5) is 0. The van der Waals surface area contributed by atoms with Gasteiger partial charge in [-0.2, -0.15) is 5.10 Å². The maximum Gasteiger partial charge on any atom is 0.0825 e.